The summed E-state index contributed by atoms with van der Waals surface area (Å²) in [6, 6.07) is 5.70. The molecule has 2 heterocycles. The SMILES string of the molecule is O=C(O)c1ccnc(SSc2cc(C(=O)O)ccn2)c1.[NaH]. The molecule has 0 bridgehead atoms. The minimum atomic E-state index is -1.02. The van der Waals surface area contributed by atoms with Gasteiger partial charge in [0.05, 0.1) is 11.1 Å². The van der Waals surface area contributed by atoms with E-state index in [9.17, 15) is 9.59 Å². The van der Waals surface area contributed by atoms with Gasteiger partial charge in [-0.2, -0.15) is 0 Å². The van der Waals surface area contributed by atoms with E-state index in [0.717, 1.165) is 0 Å². The third-order valence-electron chi connectivity index (χ3n) is 2.18. The van der Waals surface area contributed by atoms with Crippen LogP contribution in [0.3, 0.4) is 0 Å². The van der Waals surface area contributed by atoms with Crippen molar-refractivity contribution in [1.29, 1.82) is 0 Å². The maximum absolute atomic E-state index is 10.8. The Kier molecular flexibility index (Phi) is 7.20. The van der Waals surface area contributed by atoms with E-state index in [0.29, 0.717) is 10.1 Å². The molecule has 9 heteroatoms. The van der Waals surface area contributed by atoms with Gasteiger partial charge in [-0.05, 0) is 45.9 Å². The molecule has 104 valence electrons. The molecule has 0 saturated heterocycles. The molecule has 2 aromatic rings. The summed E-state index contributed by atoms with van der Waals surface area (Å²) in [5, 5.41) is 18.8. The second kappa shape index (κ2) is 8.40. The Bertz CT molecular complexity index is 612. The van der Waals surface area contributed by atoms with Gasteiger partial charge >= 0.3 is 41.5 Å². The van der Waals surface area contributed by atoms with Gasteiger partial charge in [0.2, 0.25) is 0 Å². The summed E-state index contributed by atoms with van der Waals surface area (Å²) >= 11 is 0. The number of carboxylic acid groups (broad SMARTS) is 2. The van der Waals surface area contributed by atoms with Crippen LogP contribution in [0, 0.1) is 0 Å². The number of aromatic carboxylic acids is 2. The summed E-state index contributed by atoms with van der Waals surface area (Å²) in [7, 11) is 2.42. The van der Waals surface area contributed by atoms with Crippen molar-refractivity contribution in [3.63, 3.8) is 0 Å². The van der Waals surface area contributed by atoms with Crippen molar-refractivity contribution in [2.24, 2.45) is 0 Å². The Labute approximate surface area is 150 Å². The molecule has 6 nitrogen and oxygen atoms in total. The Morgan fingerprint density at radius 2 is 1.24 bits per heavy atom. The summed E-state index contributed by atoms with van der Waals surface area (Å²) in [5.41, 5.74) is 0.297. The molecule has 0 aliphatic carbocycles. The van der Waals surface area contributed by atoms with E-state index in [1.807, 2.05) is 0 Å². The molecule has 0 radical (unpaired) electrons. The molecule has 2 aromatic heterocycles. The fourth-order valence-corrected chi connectivity index (χ4v) is 3.05. The van der Waals surface area contributed by atoms with E-state index in [1.165, 1.54) is 58.2 Å². The predicted molar refractivity (Wildman–Crippen MR) is 81.3 cm³/mol. The number of carboxylic acids is 2. The second-order valence-corrected chi connectivity index (χ2v) is 5.71. The van der Waals surface area contributed by atoms with E-state index >= 15 is 0 Å². The molecule has 0 amide bonds. The van der Waals surface area contributed by atoms with E-state index in [1.54, 1.807) is 0 Å². The van der Waals surface area contributed by atoms with Gasteiger partial charge in [0, 0.05) is 12.4 Å². The fourth-order valence-electron chi connectivity index (χ4n) is 1.26. The number of pyridine rings is 2. The van der Waals surface area contributed by atoms with Crippen LogP contribution in [0.15, 0.2) is 46.7 Å². The van der Waals surface area contributed by atoms with Crippen LogP contribution in [-0.4, -0.2) is 61.7 Å². The van der Waals surface area contributed by atoms with Crippen molar-refractivity contribution < 1.29 is 19.8 Å². The number of hydrogen-bond acceptors (Lipinski definition) is 6. The van der Waals surface area contributed by atoms with Crippen LogP contribution >= 0.6 is 21.6 Å². The topological polar surface area (TPSA) is 100 Å². The standard InChI is InChI=1S/C12H8N2O4S2.Na.H/c15-11(16)7-1-3-13-9(5-7)19-20-10-6-8(12(17)18)2-4-14-10;;/h1-6H,(H,15,16)(H,17,18);;. The maximum atomic E-state index is 10.8. The van der Waals surface area contributed by atoms with Gasteiger partial charge < -0.3 is 10.2 Å². The van der Waals surface area contributed by atoms with Gasteiger partial charge in [-0.15, -0.1) is 0 Å². The van der Waals surface area contributed by atoms with Gasteiger partial charge in [0.15, 0.2) is 0 Å². The number of hydrogen-bond donors (Lipinski definition) is 2. The first-order chi connectivity index (χ1) is 9.56. The van der Waals surface area contributed by atoms with Crippen LogP contribution in [0.1, 0.15) is 20.7 Å². The van der Waals surface area contributed by atoms with Gasteiger partial charge in [-0.3, -0.25) is 0 Å². The van der Waals surface area contributed by atoms with Crippen LogP contribution in [0.25, 0.3) is 0 Å². The summed E-state index contributed by atoms with van der Waals surface area (Å²) in [6.07, 6.45) is 2.82. The zero-order valence-electron chi connectivity index (χ0n) is 9.89. The Hall–Kier alpha value is -1.06. The summed E-state index contributed by atoms with van der Waals surface area (Å²) in [5.74, 6) is -2.05. The molecule has 0 spiro atoms. The van der Waals surface area contributed by atoms with Gasteiger partial charge in [-0.1, -0.05) is 0 Å². The number of nitrogens with zero attached hydrogens (tertiary/aromatic N) is 2. The third-order valence-corrected chi connectivity index (χ3v) is 4.32. The zero-order valence-corrected chi connectivity index (χ0v) is 11.5. The number of carbonyl (C=O) groups is 2. The number of aromatic nitrogens is 2. The first kappa shape index (κ1) is 18.0. The third kappa shape index (κ3) is 5.33. The van der Waals surface area contributed by atoms with Crippen LogP contribution in [-0.2, 0) is 0 Å². The quantitative estimate of drug-likeness (QED) is 0.633. The Morgan fingerprint density at radius 1 is 0.857 bits per heavy atom. The van der Waals surface area contributed by atoms with Crippen LogP contribution in [0.4, 0.5) is 0 Å². The average molecular weight is 332 g/mol. The molecule has 0 atom stereocenters. The minimum absolute atomic E-state index is 0. The van der Waals surface area contributed by atoms with Crippen LogP contribution < -0.4 is 0 Å². The summed E-state index contributed by atoms with van der Waals surface area (Å²) < 4.78 is 0. The van der Waals surface area contributed by atoms with E-state index in [4.69, 9.17) is 10.2 Å². The monoisotopic (exact) mass is 332 g/mol. The first-order valence-corrected chi connectivity index (χ1v) is 7.44. The second-order valence-electron chi connectivity index (χ2n) is 3.54. The molecule has 0 aromatic carbocycles. The molecule has 21 heavy (non-hydrogen) atoms. The molecule has 2 rings (SSSR count). The van der Waals surface area contributed by atoms with E-state index < -0.39 is 11.9 Å². The average Bonchev–Trinajstić information content (AvgIpc) is 2.45. The molecular formula is C12H9N2NaO4S2. The van der Waals surface area contributed by atoms with Gasteiger partial charge in [0.1, 0.15) is 10.1 Å². The van der Waals surface area contributed by atoms with Crippen LogP contribution in [0.2, 0.25) is 0 Å². The predicted octanol–water partition coefficient (Wildman–Crippen LogP) is 2.02. The van der Waals surface area contributed by atoms with Crippen molar-refractivity contribution >= 4 is 63.1 Å². The summed E-state index contributed by atoms with van der Waals surface area (Å²) in [4.78, 5) is 29.7. The fraction of sp³-hybridized carbons (Fsp3) is 0. The zero-order chi connectivity index (χ0) is 14.5. The van der Waals surface area contributed by atoms with Crippen molar-refractivity contribution in [3.05, 3.63) is 47.8 Å². The van der Waals surface area contributed by atoms with Crippen molar-refractivity contribution in [3.8, 4) is 0 Å². The molecule has 0 unspecified atom stereocenters. The van der Waals surface area contributed by atoms with Crippen molar-refractivity contribution in [1.82, 2.24) is 9.97 Å². The van der Waals surface area contributed by atoms with Crippen molar-refractivity contribution in [2.75, 3.05) is 0 Å². The molecule has 0 fully saturated rings. The van der Waals surface area contributed by atoms with Gasteiger partial charge in [-0.25, -0.2) is 19.6 Å². The Morgan fingerprint density at radius 3 is 1.57 bits per heavy atom. The number of rotatable bonds is 5. The molecule has 0 saturated carbocycles. The molecular weight excluding hydrogens is 323 g/mol. The normalized spacial score (nSPS) is 9.71. The van der Waals surface area contributed by atoms with E-state index in [-0.39, 0.29) is 40.7 Å². The molecule has 0 aliphatic heterocycles. The molecule has 2 N–H and O–H groups in total. The van der Waals surface area contributed by atoms with E-state index in [2.05, 4.69) is 9.97 Å². The van der Waals surface area contributed by atoms with Crippen molar-refractivity contribution in [2.45, 2.75) is 10.1 Å². The van der Waals surface area contributed by atoms with Gasteiger partial charge in [0.25, 0.3) is 0 Å². The van der Waals surface area contributed by atoms with Crippen LogP contribution in [0.5, 0.6) is 0 Å². The Balaban J connectivity index is 0.00000220. The first-order valence-electron chi connectivity index (χ1n) is 5.29. The summed E-state index contributed by atoms with van der Waals surface area (Å²) in [6.45, 7) is 0. The molecule has 0 aliphatic rings.